The molecule has 7 heteroatoms. The number of carbonyl (C=O) groups excluding carboxylic acids is 2. The Balaban J connectivity index is 1.41. The number of ketones is 1. The van der Waals surface area contributed by atoms with Crippen molar-refractivity contribution in [3.05, 3.63) is 59.1 Å². The number of carbonyl (C=O) groups is 2. The van der Waals surface area contributed by atoms with Crippen LogP contribution in [0.25, 0.3) is 0 Å². The molecule has 0 aromatic heterocycles. The van der Waals surface area contributed by atoms with Gasteiger partial charge in [0, 0.05) is 61.8 Å². The maximum atomic E-state index is 12.6. The first kappa shape index (κ1) is 23.1. The number of amides is 1. The van der Waals surface area contributed by atoms with Crippen molar-refractivity contribution in [1.29, 1.82) is 0 Å². The molecule has 0 unspecified atom stereocenters. The second-order valence-corrected chi connectivity index (χ2v) is 8.38. The molecule has 0 aliphatic carbocycles. The molecule has 1 fully saturated rings. The first-order valence-corrected chi connectivity index (χ1v) is 11.0. The highest BCUT2D eigenvalue weighted by Crippen LogP contribution is 2.21. The van der Waals surface area contributed by atoms with Crippen LogP contribution in [0, 0.1) is 0 Å². The molecule has 3 rings (SSSR count). The minimum absolute atomic E-state index is 0.0224. The van der Waals surface area contributed by atoms with Crippen molar-refractivity contribution in [2.24, 2.45) is 0 Å². The highest BCUT2D eigenvalue weighted by Gasteiger charge is 2.22. The van der Waals surface area contributed by atoms with E-state index in [-0.39, 0.29) is 24.5 Å². The molecule has 1 saturated heterocycles. The van der Waals surface area contributed by atoms with Crippen LogP contribution in [0.5, 0.6) is 5.75 Å². The maximum absolute atomic E-state index is 12.6. The molecule has 2 aromatic carbocycles. The van der Waals surface area contributed by atoms with Crippen LogP contribution in [-0.4, -0.2) is 74.9 Å². The molecule has 0 atom stereocenters. The average Bonchev–Trinajstić information content (AvgIpc) is 2.77. The lowest BCUT2D eigenvalue weighted by Crippen LogP contribution is -2.48. The Morgan fingerprint density at radius 3 is 2.35 bits per heavy atom. The fraction of sp³-hybridized carbons (Fsp3) is 0.417. The fourth-order valence-corrected chi connectivity index (χ4v) is 3.68. The van der Waals surface area contributed by atoms with E-state index >= 15 is 0 Å². The Morgan fingerprint density at radius 1 is 1.00 bits per heavy atom. The summed E-state index contributed by atoms with van der Waals surface area (Å²) in [7, 11) is 3.98. The summed E-state index contributed by atoms with van der Waals surface area (Å²) in [5.41, 5.74) is 1.68. The minimum Gasteiger partial charge on any atom is -0.492 e. The molecule has 6 nitrogen and oxygen atoms in total. The Labute approximate surface area is 189 Å². The van der Waals surface area contributed by atoms with E-state index in [0.29, 0.717) is 30.3 Å². The van der Waals surface area contributed by atoms with Gasteiger partial charge in [0.1, 0.15) is 12.4 Å². The number of halogens is 1. The lowest BCUT2D eigenvalue weighted by molar-refractivity contribution is -0.131. The number of hydrogen-bond acceptors (Lipinski definition) is 5. The second kappa shape index (κ2) is 11.2. The smallest absolute Gasteiger partial charge is 0.223 e. The van der Waals surface area contributed by atoms with Gasteiger partial charge < -0.3 is 19.4 Å². The van der Waals surface area contributed by atoms with E-state index in [4.69, 9.17) is 16.3 Å². The fourth-order valence-electron chi connectivity index (χ4n) is 3.49. The summed E-state index contributed by atoms with van der Waals surface area (Å²) in [5.74, 6) is 0.750. The van der Waals surface area contributed by atoms with Crippen molar-refractivity contribution >= 4 is 29.0 Å². The Hall–Kier alpha value is -2.57. The van der Waals surface area contributed by atoms with Gasteiger partial charge in [0.15, 0.2) is 5.78 Å². The van der Waals surface area contributed by atoms with Crippen molar-refractivity contribution in [1.82, 2.24) is 9.80 Å². The van der Waals surface area contributed by atoms with Gasteiger partial charge in [0.2, 0.25) is 5.91 Å². The van der Waals surface area contributed by atoms with E-state index in [1.54, 1.807) is 24.3 Å². The number of benzene rings is 2. The molecule has 1 heterocycles. The zero-order valence-electron chi connectivity index (χ0n) is 18.2. The summed E-state index contributed by atoms with van der Waals surface area (Å²) >= 11 is 6.08. The number of rotatable bonds is 9. The average molecular weight is 444 g/mol. The number of ether oxygens (including phenoxy) is 1. The summed E-state index contributed by atoms with van der Waals surface area (Å²) < 4.78 is 5.65. The molecule has 0 bridgehead atoms. The van der Waals surface area contributed by atoms with E-state index in [9.17, 15) is 9.59 Å². The summed E-state index contributed by atoms with van der Waals surface area (Å²) in [4.78, 5) is 31.2. The highest BCUT2D eigenvalue weighted by atomic mass is 35.5. The van der Waals surface area contributed by atoms with Gasteiger partial charge >= 0.3 is 0 Å². The van der Waals surface area contributed by atoms with Crippen LogP contribution in [0.2, 0.25) is 5.02 Å². The predicted molar refractivity (Wildman–Crippen MR) is 124 cm³/mol. The van der Waals surface area contributed by atoms with E-state index in [1.807, 2.05) is 48.2 Å². The van der Waals surface area contributed by atoms with Gasteiger partial charge in [-0.1, -0.05) is 17.7 Å². The zero-order valence-corrected chi connectivity index (χ0v) is 19.0. The van der Waals surface area contributed by atoms with E-state index in [0.717, 1.165) is 31.1 Å². The molecule has 2 aromatic rings. The van der Waals surface area contributed by atoms with Crippen LogP contribution in [0.4, 0.5) is 5.69 Å². The number of nitrogens with zero attached hydrogens (tertiary/aromatic N) is 3. The lowest BCUT2D eigenvalue weighted by Gasteiger charge is -2.36. The minimum atomic E-state index is -0.0224. The van der Waals surface area contributed by atoms with E-state index in [2.05, 4.69) is 4.90 Å². The van der Waals surface area contributed by atoms with Crippen molar-refractivity contribution in [3.8, 4) is 5.75 Å². The Kier molecular flexibility index (Phi) is 8.32. The molecular weight excluding hydrogens is 414 g/mol. The Morgan fingerprint density at radius 2 is 1.71 bits per heavy atom. The molecule has 0 saturated carbocycles. The van der Waals surface area contributed by atoms with Crippen molar-refractivity contribution in [2.45, 2.75) is 12.8 Å². The lowest BCUT2D eigenvalue weighted by atomic mass is 10.1. The van der Waals surface area contributed by atoms with Gasteiger partial charge in [-0.15, -0.1) is 0 Å². The first-order chi connectivity index (χ1) is 14.9. The van der Waals surface area contributed by atoms with Gasteiger partial charge in [-0.05, 0) is 56.6 Å². The molecule has 1 amide bonds. The monoisotopic (exact) mass is 443 g/mol. The highest BCUT2D eigenvalue weighted by molar-refractivity contribution is 6.30. The van der Waals surface area contributed by atoms with Crippen LogP contribution in [0.3, 0.4) is 0 Å². The van der Waals surface area contributed by atoms with Crippen LogP contribution in [-0.2, 0) is 4.79 Å². The number of hydrogen-bond donors (Lipinski definition) is 0. The summed E-state index contributed by atoms with van der Waals surface area (Å²) in [6, 6.07) is 14.9. The van der Waals surface area contributed by atoms with Crippen LogP contribution < -0.4 is 9.64 Å². The Bertz CT molecular complexity index is 878. The third-order valence-electron chi connectivity index (χ3n) is 5.36. The zero-order chi connectivity index (χ0) is 22.2. The summed E-state index contributed by atoms with van der Waals surface area (Å²) in [6.45, 7) is 4.25. The van der Waals surface area contributed by atoms with Gasteiger partial charge in [0.05, 0.1) is 0 Å². The molecule has 1 aliphatic heterocycles. The number of Topliss-reactive ketones (excluding diaryl/α,β-unsaturated/α-hetero) is 1. The van der Waals surface area contributed by atoms with Crippen LogP contribution in [0.1, 0.15) is 23.2 Å². The van der Waals surface area contributed by atoms with Crippen LogP contribution in [0.15, 0.2) is 48.5 Å². The third-order valence-corrected chi connectivity index (χ3v) is 5.59. The SMILES string of the molecule is CN(C)CCOc1ccc(C(=O)CCC(=O)N2CCN(c3cccc(Cl)c3)CC2)cc1. The third kappa shape index (κ3) is 6.97. The van der Waals surface area contributed by atoms with Crippen molar-refractivity contribution in [3.63, 3.8) is 0 Å². The van der Waals surface area contributed by atoms with Gasteiger partial charge in [-0.3, -0.25) is 9.59 Å². The summed E-state index contributed by atoms with van der Waals surface area (Å²) in [5, 5.41) is 0.711. The van der Waals surface area contributed by atoms with Gasteiger partial charge in [-0.25, -0.2) is 0 Å². The standard InChI is InChI=1S/C24H30ClN3O3/c1-26(2)16-17-31-22-8-6-19(7-9-22)23(29)10-11-24(30)28-14-12-27(13-15-28)21-5-3-4-20(25)18-21/h3-9,18H,10-17H2,1-2H3. The summed E-state index contributed by atoms with van der Waals surface area (Å²) in [6.07, 6.45) is 0.450. The molecule has 0 radical (unpaired) electrons. The number of anilines is 1. The topological polar surface area (TPSA) is 53.1 Å². The molecular formula is C24H30ClN3O3. The predicted octanol–water partition coefficient (Wildman–Crippen LogP) is 3.59. The quantitative estimate of drug-likeness (QED) is 0.554. The molecule has 31 heavy (non-hydrogen) atoms. The number of piperazine rings is 1. The first-order valence-electron chi connectivity index (χ1n) is 10.6. The molecule has 0 N–H and O–H groups in total. The number of likely N-dealkylation sites (N-methyl/N-ethyl adjacent to an activating group) is 1. The van der Waals surface area contributed by atoms with Crippen molar-refractivity contribution < 1.29 is 14.3 Å². The van der Waals surface area contributed by atoms with E-state index < -0.39 is 0 Å². The van der Waals surface area contributed by atoms with Gasteiger partial charge in [-0.2, -0.15) is 0 Å². The van der Waals surface area contributed by atoms with Crippen LogP contribution >= 0.6 is 11.6 Å². The molecule has 0 spiro atoms. The molecule has 1 aliphatic rings. The maximum Gasteiger partial charge on any atom is 0.223 e. The van der Waals surface area contributed by atoms with Crippen molar-refractivity contribution in [2.75, 3.05) is 58.3 Å². The van der Waals surface area contributed by atoms with Gasteiger partial charge in [0.25, 0.3) is 0 Å². The largest absolute Gasteiger partial charge is 0.492 e. The second-order valence-electron chi connectivity index (χ2n) is 7.95. The normalized spacial score (nSPS) is 14.1. The molecule has 166 valence electrons. The van der Waals surface area contributed by atoms with E-state index in [1.165, 1.54) is 0 Å².